The smallest absolute Gasteiger partial charge is 0.338 e. The zero-order valence-corrected chi connectivity index (χ0v) is 10.1. The van der Waals surface area contributed by atoms with Crippen LogP contribution >= 0.6 is 11.3 Å². The number of carbonyl (C=O) groups is 2. The molecule has 2 rings (SSSR count). The molecule has 7 heteroatoms. The number of carbonyl (C=O) groups excluding carboxylic acids is 1. The third-order valence-electron chi connectivity index (χ3n) is 2.30. The third-order valence-corrected chi connectivity index (χ3v) is 3.13. The fourth-order valence-electron chi connectivity index (χ4n) is 1.42. The van der Waals surface area contributed by atoms with Gasteiger partial charge in [0.25, 0.3) is 5.91 Å². The summed E-state index contributed by atoms with van der Waals surface area (Å²) < 4.78 is 26.1. The van der Waals surface area contributed by atoms with Crippen molar-refractivity contribution >= 4 is 28.2 Å². The molecule has 0 unspecified atom stereocenters. The Morgan fingerprint density at radius 2 is 1.89 bits per heavy atom. The van der Waals surface area contributed by atoms with E-state index >= 15 is 0 Å². The maximum Gasteiger partial charge on any atom is 0.338 e. The van der Waals surface area contributed by atoms with E-state index in [2.05, 4.69) is 5.32 Å². The monoisotopic (exact) mass is 283 g/mol. The standard InChI is InChI=1S/C12H7F2NO3S/c13-6-1-2-7(9(14)5-6)10(16)15-11-8(12(17)18)3-4-19-11/h1-5H,(H,15,16)(H,17,18). The number of nitrogens with one attached hydrogen (secondary N) is 1. The Morgan fingerprint density at radius 3 is 2.53 bits per heavy atom. The zero-order valence-electron chi connectivity index (χ0n) is 9.31. The van der Waals surface area contributed by atoms with Gasteiger partial charge in [-0.3, -0.25) is 4.79 Å². The minimum absolute atomic E-state index is 0.0825. The molecule has 1 heterocycles. The minimum Gasteiger partial charge on any atom is -0.478 e. The summed E-state index contributed by atoms with van der Waals surface area (Å²) in [5.74, 6) is -3.83. The zero-order chi connectivity index (χ0) is 14.0. The fourth-order valence-corrected chi connectivity index (χ4v) is 2.19. The van der Waals surface area contributed by atoms with Gasteiger partial charge in [-0.1, -0.05) is 0 Å². The van der Waals surface area contributed by atoms with Crippen LogP contribution in [0.25, 0.3) is 0 Å². The molecule has 2 aromatic rings. The van der Waals surface area contributed by atoms with Gasteiger partial charge in [0.2, 0.25) is 0 Å². The number of aromatic carboxylic acids is 1. The van der Waals surface area contributed by atoms with Crippen LogP contribution in [-0.2, 0) is 0 Å². The van der Waals surface area contributed by atoms with Crippen molar-refractivity contribution in [3.05, 3.63) is 52.4 Å². The third kappa shape index (κ3) is 2.76. The Balaban J connectivity index is 2.26. The number of rotatable bonds is 3. The summed E-state index contributed by atoms with van der Waals surface area (Å²) in [5, 5.41) is 12.7. The molecule has 0 spiro atoms. The highest BCUT2D eigenvalue weighted by atomic mass is 32.1. The van der Waals surface area contributed by atoms with E-state index in [-0.39, 0.29) is 16.1 Å². The van der Waals surface area contributed by atoms with Crippen LogP contribution in [0.2, 0.25) is 0 Å². The summed E-state index contributed by atoms with van der Waals surface area (Å²) in [6.07, 6.45) is 0. The first-order chi connectivity index (χ1) is 8.99. The Morgan fingerprint density at radius 1 is 1.16 bits per heavy atom. The minimum atomic E-state index is -1.20. The summed E-state index contributed by atoms with van der Waals surface area (Å²) in [5.41, 5.74) is -0.438. The highest BCUT2D eigenvalue weighted by Crippen LogP contribution is 2.24. The molecule has 1 aromatic carbocycles. The normalized spacial score (nSPS) is 10.2. The van der Waals surface area contributed by atoms with E-state index in [9.17, 15) is 18.4 Å². The van der Waals surface area contributed by atoms with E-state index in [0.717, 1.165) is 23.5 Å². The molecule has 2 N–H and O–H groups in total. The van der Waals surface area contributed by atoms with Crippen molar-refractivity contribution < 1.29 is 23.5 Å². The molecule has 19 heavy (non-hydrogen) atoms. The van der Waals surface area contributed by atoms with Crippen molar-refractivity contribution in [3.8, 4) is 0 Å². The molecule has 0 aliphatic rings. The molecule has 0 aliphatic carbocycles. The average molecular weight is 283 g/mol. The fraction of sp³-hybridized carbons (Fsp3) is 0. The van der Waals surface area contributed by atoms with Crippen molar-refractivity contribution in [1.29, 1.82) is 0 Å². The summed E-state index contributed by atoms with van der Waals surface area (Å²) in [6, 6.07) is 3.85. The van der Waals surface area contributed by atoms with Crippen LogP contribution in [-0.4, -0.2) is 17.0 Å². The number of amides is 1. The van der Waals surface area contributed by atoms with Crippen molar-refractivity contribution in [2.24, 2.45) is 0 Å². The number of hydrogen-bond donors (Lipinski definition) is 2. The lowest BCUT2D eigenvalue weighted by Gasteiger charge is -2.05. The number of carboxylic acid groups (broad SMARTS) is 1. The second kappa shape index (κ2) is 5.15. The molecule has 1 aromatic heterocycles. The molecule has 1 amide bonds. The summed E-state index contributed by atoms with van der Waals surface area (Å²) in [6.45, 7) is 0. The first-order valence-corrected chi connectivity index (χ1v) is 5.94. The molecular formula is C12H7F2NO3S. The molecule has 0 atom stereocenters. The van der Waals surface area contributed by atoms with Gasteiger partial charge in [0.05, 0.1) is 11.1 Å². The van der Waals surface area contributed by atoms with E-state index < -0.39 is 23.5 Å². The maximum absolute atomic E-state index is 13.4. The van der Waals surface area contributed by atoms with Crippen LogP contribution in [0.5, 0.6) is 0 Å². The first-order valence-electron chi connectivity index (χ1n) is 5.06. The molecular weight excluding hydrogens is 276 g/mol. The Labute approximate surface area is 110 Å². The van der Waals surface area contributed by atoms with Crippen LogP contribution in [0.4, 0.5) is 13.8 Å². The van der Waals surface area contributed by atoms with Gasteiger partial charge >= 0.3 is 5.97 Å². The molecule has 4 nitrogen and oxygen atoms in total. The van der Waals surface area contributed by atoms with Gasteiger partial charge in [-0.05, 0) is 23.6 Å². The number of carboxylic acids is 1. The van der Waals surface area contributed by atoms with E-state index in [0.29, 0.717) is 6.07 Å². The predicted octanol–water partition coefficient (Wildman–Crippen LogP) is 2.98. The molecule has 0 saturated carbocycles. The van der Waals surface area contributed by atoms with Crippen LogP contribution in [0, 0.1) is 11.6 Å². The average Bonchev–Trinajstić information content (AvgIpc) is 2.76. The number of thiophene rings is 1. The number of halogens is 2. The van der Waals surface area contributed by atoms with Crippen LogP contribution < -0.4 is 5.32 Å². The van der Waals surface area contributed by atoms with E-state index in [1.165, 1.54) is 11.4 Å². The molecule has 0 bridgehead atoms. The number of anilines is 1. The first kappa shape index (κ1) is 13.2. The SMILES string of the molecule is O=C(Nc1sccc1C(=O)O)c1ccc(F)cc1F. The summed E-state index contributed by atoms with van der Waals surface area (Å²) in [7, 11) is 0. The van der Waals surface area contributed by atoms with Gasteiger partial charge in [-0.15, -0.1) is 11.3 Å². The van der Waals surface area contributed by atoms with Crippen molar-refractivity contribution in [2.45, 2.75) is 0 Å². The molecule has 98 valence electrons. The van der Waals surface area contributed by atoms with Crippen LogP contribution in [0.3, 0.4) is 0 Å². The number of hydrogen-bond acceptors (Lipinski definition) is 3. The molecule has 0 fully saturated rings. The van der Waals surface area contributed by atoms with E-state index in [1.54, 1.807) is 0 Å². The topological polar surface area (TPSA) is 66.4 Å². The van der Waals surface area contributed by atoms with Crippen molar-refractivity contribution in [3.63, 3.8) is 0 Å². The second-order valence-electron chi connectivity index (χ2n) is 3.55. The largest absolute Gasteiger partial charge is 0.478 e. The lowest BCUT2D eigenvalue weighted by molar-refractivity contribution is 0.0698. The lowest BCUT2D eigenvalue weighted by atomic mass is 10.2. The van der Waals surface area contributed by atoms with Gasteiger partial charge in [-0.2, -0.15) is 0 Å². The summed E-state index contributed by atoms with van der Waals surface area (Å²) in [4.78, 5) is 22.6. The molecule has 0 aliphatic heterocycles. The Kier molecular flexibility index (Phi) is 3.57. The highest BCUT2D eigenvalue weighted by molar-refractivity contribution is 7.14. The maximum atomic E-state index is 13.4. The predicted molar refractivity (Wildman–Crippen MR) is 65.6 cm³/mol. The Bertz CT molecular complexity index is 654. The van der Waals surface area contributed by atoms with Crippen LogP contribution in [0.1, 0.15) is 20.7 Å². The van der Waals surface area contributed by atoms with E-state index in [4.69, 9.17) is 5.11 Å². The van der Waals surface area contributed by atoms with Gasteiger partial charge in [0.1, 0.15) is 16.6 Å². The van der Waals surface area contributed by atoms with Crippen molar-refractivity contribution in [2.75, 3.05) is 5.32 Å². The van der Waals surface area contributed by atoms with Gasteiger partial charge in [0.15, 0.2) is 0 Å². The van der Waals surface area contributed by atoms with Gasteiger partial charge in [-0.25, -0.2) is 13.6 Å². The van der Waals surface area contributed by atoms with Crippen molar-refractivity contribution in [1.82, 2.24) is 0 Å². The summed E-state index contributed by atoms with van der Waals surface area (Å²) >= 11 is 1.00. The van der Waals surface area contributed by atoms with Crippen LogP contribution in [0.15, 0.2) is 29.6 Å². The number of benzene rings is 1. The molecule has 0 saturated heterocycles. The van der Waals surface area contributed by atoms with Gasteiger partial charge in [0, 0.05) is 6.07 Å². The lowest BCUT2D eigenvalue weighted by Crippen LogP contribution is -2.15. The highest BCUT2D eigenvalue weighted by Gasteiger charge is 2.17. The quantitative estimate of drug-likeness (QED) is 0.910. The van der Waals surface area contributed by atoms with Gasteiger partial charge < -0.3 is 10.4 Å². The molecule has 0 radical (unpaired) electrons. The van der Waals surface area contributed by atoms with E-state index in [1.807, 2.05) is 0 Å². The Hall–Kier alpha value is -2.28. The second-order valence-corrected chi connectivity index (χ2v) is 4.46.